The fourth-order valence-corrected chi connectivity index (χ4v) is 3.56. The Hall–Kier alpha value is -1.81. The summed E-state index contributed by atoms with van der Waals surface area (Å²) < 4.78 is 22.1. The van der Waals surface area contributed by atoms with Gasteiger partial charge in [-0.15, -0.1) is 11.8 Å². The van der Waals surface area contributed by atoms with Crippen molar-refractivity contribution in [2.45, 2.75) is 4.90 Å². The SMILES string of the molecule is CS(=O)(=O)CCSc1ccc([N+](=O)[O-])cc1C(N)=NO. The number of hydrogen-bond acceptors (Lipinski definition) is 7. The average molecular weight is 319 g/mol. The predicted molar refractivity (Wildman–Crippen MR) is 76.0 cm³/mol. The number of nitro groups is 1. The van der Waals surface area contributed by atoms with Crippen LogP contribution in [0.15, 0.2) is 28.3 Å². The molecular weight excluding hydrogens is 306 g/mol. The van der Waals surface area contributed by atoms with E-state index in [1.165, 1.54) is 18.2 Å². The Morgan fingerprint density at radius 1 is 1.55 bits per heavy atom. The van der Waals surface area contributed by atoms with Crippen LogP contribution in [0.1, 0.15) is 5.56 Å². The van der Waals surface area contributed by atoms with Gasteiger partial charge in [0.05, 0.1) is 10.7 Å². The molecule has 3 N–H and O–H groups in total. The molecule has 0 aliphatic carbocycles. The zero-order valence-electron chi connectivity index (χ0n) is 10.5. The monoisotopic (exact) mass is 319 g/mol. The molecule has 0 bridgehead atoms. The van der Waals surface area contributed by atoms with E-state index in [-0.39, 0.29) is 28.6 Å². The maximum absolute atomic E-state index is 11.0. The molecule has 110 valence electrons. The minimum Gasteiger partial charge on any atom is -0.409 e. The molecule has 0 saturated heterocycles. The maximum Gasteiger partial charge on any atom is 0.270 e. The third-order valence-corrected chi connectivity index (χ3v) is 4.55. The van der Waals surface area contributed by atoms with Gasteiger partial charge in [0.1, 0.15) is 9.84 Å². The van der Waals surface area contributed by atoms with Gasteiger partial charge >= 0.3 is 0 Å². The van der Waals surface area contributed by atoms with E-state index in [1.54, 1.807) is 0 Å². The Kier molecular flexibility index (Phi) is 5.34. The van der Waals surface area contributed by atoms with Gasteiger partial charge in [0, 0.05) is 34.6 Å². The number of non-ortho nitro benzene ring substituents is 1. The second kappa shape index (κ2) is 6.57. The van der Waals surface area contributed by atoms with E-state index in [4.69, 9.17) is 10.9 Å². The molecule has 10 heteroatoms. The molecule has 1 aromatic rings. The lowest BCUT2D eigenvalue weighted by molar-refractivity contribution is -0.384. The Balaban J connectivity index is 3.03. The van der Waals surface area contributed by atoms with Gasteiger partial charge in [-0.2, -0.15) is 0 Å². The summed E-state index contributed by atoms with van der Waals surface area (Å²) >= 11 is 1.16. The smallest absolute Gasteiger partial charge is 0.270 e. The first-order chi connectivity index (χ1) is 9.24. The van der Waals surface area contributed by atoms with Crippen LogP contribution in [0.5, 0.6) is 0 Å². The number of oxime groups is 1. The summed E-state index contributed by atoms with van der Waals surface area (Å²) in [4.78, 5) is 10.6. The summed E-state index contributed by atoms with van der Waals surface area (Å²) in [6.07, 6.45) is 1.12. The summed E-state index contributed by atoms with van der Waals surface area (Å²) in [7, 11) is -3.09. The van der Waals surface area contributed by atoms with Gasteiger partial charge in [-0.1, -0.05) is 5.16 Å². The van der Waals surface area contributed by atoms with E-state index in [0.717, 1.165) is 18.0 Å². The summed E-state index contributed by atoms with van der Waals surface area (Å²) in [5.41, 5.74) is 5.47. The van der Waals surface area contributed by atoms with E-state index < -0.39 is 14.8 Å². The molecule has 0 radical (unpaired) electrons. The first-order valence-corrected chi connectivity index (χ1v) is 8.36. The van der Waals surface area contributed by atoms with Gasteiger partial charge in [0.2, 0.25) is 0 Å². The Morgan fingerprint density at radius 2 is 2.20 bits per heavy atom. The van der Waals surface area contributed by atoms with Crippen LogP contribution in [-0.2, 0) is 9.84 Å². The van der Waals surface area contributed by atoms with E-state index in [0.29, 0.717) is 4.90 Å². The van der Waals surface area contributed by atoms with Crippen molar-refractivity contribution in [1.29, 1.82) is 0 Å². The molecule has 0 aliphatic rings. The summed E-state index contributed by atoms with van der Waals surface area (Å²) in [5, 5.41) is 22.2. The first kappa shape index (κ1) is 16.2. The number of nitrogens with two attached hydrogens (primary N) is 1. The van der Waals surface area contributed by atoms with Gasteiger partial charge in [0.15, 0.2) is 5.84 Å². The number of thioether (sulfide) groups is 1. The van der Waals surface area contributed by atoms with Crippen LogP contribution in [0.3, 0.4) is 0 Å². The van der Waals surface area contributed by atoms with Gasteiger partial charge < -0.3 is 10.9 Å². The third kappa shape index (κ3) is 4.70. The number of amidine groups is 1. The van der Waals surface area contributed by atoms with E-state index >= 15 is 0 Å². The molecule has 0 aromatic heterocycles. The fraction of sp³-hybridized carbons (Fsp3) is 0.300. The fourth-order valence-electron chi connectivity index (χ4n) is 1.31. The molecule has 0 heterocycles. The van der Waals surface area contributed by atoms with Gasteiger partial charge in [-0.05, 0) is 6.07 Å². The van der Waals surface area contributed by atoms with Crippen LogP contribution >= 0.6 is 11.8 Å². The summed E-state index contributed by atoms with van der Waals surface area (Å²) in [6.45, 7) is 0. The molecule has 0 spiro atoms. The number of nitrogens with zero attached hydrogens (tertiary/aromatic N) is 2. The molecule has 20 heavy (non-hydrogen) atoms. The summed E-state index contributed by atoms with van der Waals surface area (Å²) in [5.74, 6) is -0.0392. The molecule has 0 fully saturated rings. The highest BCUT2D eigenvalue weighted by molar-refractivity contribution is 8.00. The highest BCUT2D eigenvalue weighted by Crippen LogP contribution is 2.26. The minimum atomic E-state index is -3.09. The highest BCUT2D eigenvalue weighted by atomic mass is 32.2. The van der Waals surface area contributed by atoms with Crippen LogP contribution in [0.25, 0.3) is 0 Å². The van der Waals surface area contributed by atoms with Gasteiger partial charge in [0.25, 0.3) is 5.69 Å². The quantitative estimate of drug-likeness (QED) is 0.198. The Morgan fingerprint density at radius 3 is 2.70 bits per heavy atom. The molecule has 0 atom stereocenters. The lowest BCUT2D eigenvalue weighted by Gasteiger charge is -2.07. The van der Waals surface area contributed by atoms with E-state index in [9.17, 15) is 18.5 Å². The molecule has 0 unspecified atom stereocenters. The van der Waals surface area contributed by atoms with Crippen LogP contribution in [-0.4, -0.2) is 42.1 Å². The highest BCUT2D eigenvalue weighted by Gasteiger charge is 2.15. The second-order valence-electron chi connectivity index (χ2n) is 3.90. The lowest BCUT2D eigenvalue weighted by atomic mass is 10.2. The van der Waals surface area contributed by atoms with Crippen molar-refractivity contribution in [1.82, 2.24) is 0 Å². The number of rotatable bonds is 6. The van der Waals surface area contributed by atoms with Crippen LogP contribution in [0.2, 0.25) is 0 Å². The third-order valence-electron chi connectivity index (χ3n) is 2.27. The molecule has 0 saturated carbocycles. The van der Waals surface area contributed by atoms with Crippen molar-refractivity contribution in [3.8, 4) is 0 Å². The largest absolute Gasteiger partial charge is 0.409 e. The lowest BCUT2D eigenvalue weighted by Crippen LogP contribution is -2.15. The molecule has 0 aliphatic heterocycles. The topological polar surface area (TPSA) is 136 Å². The van der Waals surface area contributed by atoms with E-state index in [2.05, 4.69) is 5.16 Å². The van der Waals surface area contributed by atoms with Crippen molar-refractivity contribution in [3.05, 3.63) is 33.9 Å². The Labute approximate surface area is 119 Å². The molecule has 0 amide bonds. The standard InChI is InChI=1S/C10H13N3O5S2/c1-20(17,18)5-4-19-9-3-2-7(13(15)16)6-8(9)10(11)12-14/h2-3,6,14H,4-5H2,1H3,(H2,11,12). The van der Waals surface area contributed by atoms with Crippen LogP contribution < -0.4 is 5.73 Å². The van der Waals surface area contributed by atoms with Crippen molar-refractivity contribution in [3.63, 3.8) is 0 Å². The number of sulfone groups is 1. The number of hydrogen-bond donors (Lipinski definition) is 2. The zero-order chi connectivity index (χ0) is 15.3. The second-order valence-corrected chi connectivity index (χ2v) is 7.30. The van der Waals surface area contributed by atoms with Gasteiger partial charge in [-0.3, -0.25) is 10.1 Å². The van der Waals surface area contributed by atoms with Crippen LogP contribution in [0, 0.1) is 10.1 Å². The predicted octanol–water partition coefficient (Wildman–Crippen LogP) is 0.826. The zero-order valence-corrected chi connectivity index (χ0v) is 12.1. The van der Waals surface area contributed by atoms with Crippen molar-refractivity contribution in [2.24, 2.45) is 10.9 Å². The molecule has 1 aromatic carbocycles. The van der Waals surface area contributed by atoms with Crippen LogP contribution in [0.4, 0.5) is 5.69 Å². The first-order valence-electron chi connectivity index (χ1n) is 5.31. The van der Waals surface area contributed by atoms with E-state index in [1.807, 2.05) is 0 Å². The maximum atomic E-state index is 11.0. The molecular formula is C10H13N3O5S2. The van der Waals surface area contributed by atoms with Crippen molar-refractivity contribution >= 4 is 33.1 Å². The van der Waals surface area contributed by atoms with Crippen molar-refractivity contribution < 1.29 is 18.5 Å². The number of nitro benzene ring substituents is 1. The average Bonchev–Trinajstić information content (AvgIpc) is 2.36. The Bertz CT molecular complexity index is 642. The van der Waals surface area contributed by atoms with Crippen molar-refractivity contribution in [2.75, 3.05) is 17.8 Å². The molecule has 1 rings (SSSR count). The van der Waals surface area contributed by atoms with Gasteiger partial charge in [-0.25, -0.2) is 8.42 Å². The number of benzene rings is 1. The normalized spacial score (nSPS) is 12.3. The minimum absolute atomic E-state index is 0.0374. The summed E-state index contributed by atoms with van der Waals surface area (Å²) in [6, 6.07) is 3.90. The molecule has 8 nitrogen and oxygen atoms in total.